The quantitative estimate of drug-likeness (QED) is 0.579. The number of hydrogen-bond donors (Lipinski definition) is 2. The first-order valence-corrected chi connectivity index (χ1v) is 8.00. The fraction of sp³-hybridized carbons (Fsp3) is 0.882. The lowest BCUT2D eigenvalue weighted by molar-refractivity contribution is -0.154. The van der Waals surface area contributed by atoms with Gasteiger partial charge in [-0.05, 0) is 37.0 Å². The highest BCUT2D eigenvalue weighted by molar-refractivity contribution is 5.75. The van der Waals surface area contributed by atoms with Crippen molar-refractivity contribution in [2.45, 2.75) is 79.6 Å². The van der Waals surface area contributed by atoms with Gasteiger partial charge < -0.3 is 10.2 Å². The fourth-order valence-electron chi connectivity index (χ4n) is 3.25. The average Bonchev–Trinajstić information content (AvgIpc) is 2.30. The van der Waals surface area contributed by atoms with Gasteiger partial charge in [-0.2, -0.15) is 0 Å². The highest BCUT2D eigenvalue weighted by Gasteiger charge is 2.42. The van der Waals surface area contributed by atoms with Crippen molar-refractivity contribution < 1.29 is 19.8 Å². The maximum absolute atomic E-state index is 11.9. The Bertz CT molecular complexity index is 343. The third-order valence-corrected chi connectivity index (χ3v) is 4.43. The summed E-state index contributed by atoms with van der Waals surface area (Å²) in [5.74, 6) is -1.38. The van der Waals surface area contributed by atoms with Crippen molar-refractivity contribution >= 4 is 11.9 Å². The third-order valence-electron chi connectivity index (χ3n) is 4.43. The zero-order chi connectivity index (χ0) is 16.7. The lowest BCUT2D eigenvalue weighted by atomic mass is 9.66. The Morgan fingerprint density at radius 2 is 1.62 bits per heavy atom. The molecule has 0 aliphatic heterocycles. The van der Waals surface area contributed by atoms with E-state index in [1.807, 2.05) is 13.8 Å². The number of carboxylic acids is 2. The maximum Gasteiger partial charge on any atom is 0.309 e. The molecule has 0 amide bonds. The van der Waals surface area contributed by atoms with Crippen LogP contribution < -0.4 is 0 Å². The van der Waals surface area contributed by atoms with Crippen LogP contribution in [-0.4, -0.2) is 22.2 Å². The number of carboxylic acid groups (broad SMARTS) is 2. The van der Waals surface area contributed by atoms with Gasteiger partial charge in [0.1, 0.15) is 0 Å². The highest BCUT2D eigenvalue weighted by atomic mass is 16.4. The molecule has 0 rings (SSSR count). The van der Waals surface area contributed by atoms with E-state index in [4.69, 9.17) is 5.11 Å². The van der Waals surface area contributed by atoms with Crippen molar-refractivity contribution in [3.8, 4) is 0 Å². The Labute approximate surface area is 128 Å². The molecule has 21 heavy (non-hydrogen) atoms. The van der Waals surface area contributed by atoms with Crippen molar-refractivity contribution in [3.05, 3.63) is 0 Å². The number of aliphatic carboxylic acids is 2. The van der Waals surface area contributed by atoms with E-state index in [2.05, 4.69) is 20.8 Å². The molecule has 0 bridgehead atoms. The van der Waals surface area contributed by atoms with E-state index in [9.17, 15) is 14.7 Å². The Hall–Kier alpha value is -1.06. The minimum Gasteiger partial charge on any atom is -0.481 e. The molecule has 0 heterocycles. The molecule has 4 nitrogen and oxygen atoms in total. The van der Waals surface area contributed by atoms with E-state index in [1.165, 1.54) is 0 Å². The fourth-order valence-corrected chi connectivity index (χ4v) is 3.25. The van der Waals surface area contributed by atoms with Crippen LogP contribution in [-0.2, 0) is 9.59 Å². The van der Waals surface area contributed by atoms with Crippen LogP contribution in [0.2, 0.25) is 0 Å². The van der Waals surface area contributed by atoms with E-state index in [1.54, 1.807) is 0 Å². The smallest absolute Gasteiger partial charge is 0.309 e. The van der Waals surface area contributed by atoms with Crippen LogP contribution in [0.4, 0.5) is 0 Å². The second-order valence-electron chi connectivity index (χ2n) is 7.44. The highest BCUT2D eigenvalue weighted by Crippen LogP contribution is 2.43. The zero-order valence-corrected chi connectivity index (χ0v) is 14.2. The number of carbonyl (C=O) groups is 2. The number of hydrogen-bond acceptors (Lipinski definition) is 2. The third kappa shape index (κ3) is 6.96. The molecule has 0 aromatic heterocycles. The monoisotopic (exact) mass is 300 g/mol. The summed E-state index contributed by atoms with van der Waals surface area (Å²) in [6.45, 7) is 10.4. The molecule has 0 aliphatic rings. The molecule has 0 fully saturated rings. The van der Waals surface area contributed by atoms with E-state index in [0.717, 1.165) is 19.3 Å². The van der Waals surface area contributed by atoms with Gasteiger partial charge in [0.05, 0.1) is 5.41 Å². The minimum absolute atomic E-state index is 0.110. The van der Waals surface area contributed by atoms with Crippen LogP contribution in [0, 0.1) is 16.7 Å². The molecule has 124 valence electrons. The molecule has 2 atom stereocenters. The molecule has 0 saturated heterocycles. The van der Waals surface area contributed by atoms with E-state index < -0.39 is 17.4 Å². The van der Waals surface area contributed by atoms with Crippen LogP contribution in [0.5, 0.6) is 0 Å². The molecule has 0 saturated carbocycles. The van der Waals surface area contributed by atoms with Gasteiger partial charge in [-0.15, -0.1) is 0 Å². The topological polar surface area (TPSA) is 74.6 Å². The standard InChI is InChI=1S/C17H32O4/c1-6-17(15(20)21,13(2)12-16(3,4)5)11-9-7-8-10-14(18)19/h13H,6-12H2,1-5H3,(H,18,19)(H,20,21). The SMILES string of the molecule is CCC(CCCCCC(=O)O)(C(=O)O)C(C)CC(C)(C)C. The van der Waals surface area contributed by atoms with Crippen molar-refractivity contribution in [1.29, 1.82) is 0 Å². The van der Waals surface area contributed by atoms with Crippen LogP contribution >= 0.6 is 0 Å². The Balaban J connectivity index is 4.69. The minimum atomic E-state index is -0.781. The van der Waals surface area contributed by atoms with Crippen molar-refractivity contribution in [3.63, 3.8) is 0 Å². The second-order valence-corrected chi connectivity index (χ2v) is 7.44. The largest absolute Gasteiger partial charge is 0.481 e. The van der Waals surface area contributed by atoms with Crippen LogP contribution in [0.25, 0.3) is 0 Å². The molecular weight excluding hydrogens is 268 g/mol. The van der Waals surface area contributed by atoms with E-state index in [0.29, 0.717) is 19.3 Å². The number of unbranched alkanes of at least 4 members (excludes halogenated alkanes) is 2. The Morgan fingerprint density at radius 3 is 2.00 bits per heavy atom. The molecule has 0 aromatic rings. The van der Waals surface area contributed by atoms with Gasteiger partial charge >= 0.3 is 11.9 Å². The molecule has 0 aromatic carbocycles. The number of rotatable bonds is 10. The first-order valence-electron chi connectivity index (χ1n) is 8.00. The summed E-state index contributed by atoms with van der Waals surface area (Å²) in [6.07, 6.45) is 4.49. The summed E-state index contributed by atoms with van der Waals surface area (Å²) in [6, 6.07) is 0. The summed E-state index contributed by atoms with van der Waals surface area (Å²) in [5.41, 5.74) is -0.574. The predicted octanol–water partition coefficient (Wildman–Crippen LogP) is 4.57. The van der Waals surface area contributed by atoms with Gasteiger partial charge in [-0.3, -0.25) is 9.59 Å². The molecule has 0 spiro atoms. The summed E-state index contributed by atoms with van der Waals surface area (Å²) in [7, 11) is 0. The van der Waals surface area contributed by atoms with Crippen molar-refractivity contribution in [1.82, 2.24) is 0 Å². The van der Waals surface area contributed by atoms with Crippen molar-refractivity contribution in [2.24, 2.45) is 16.7 Å². The lowest BCUT2D eigenvalue weighted by Crippen LogP contribution is -2.38. The van der Waals surface area contributed by atoms with E-state index in [-0.39, 0.29) is 17.8 Å². The molecule has 0 aliphatic carbocycles. The first-order chi connectivity index (χ1) is 9.55. The Kier molecular flexibility index (Phi) is 7.98. The van der Waals surface area contributed by atoms with Gasteiger partial charge in [0.25, 0.3) is 0 Å². The van der Waals surface area contributed by atoms with Crippen LogP contribution in [0.15, 0.2) is 0 Å². The summed E-state index contributed by atoms with van der Waals surface area (Å²) >= 11 is 0. The van der Waals surface area contributed by atoms with Gasteiger partial charge in [0.2, 0.25) is 0 Å². The van der Waals surface area contributed by atoms with E-state index >= 15 is 0 Å². The molecule has 4 heteroatoms. The van der Waals surface area contributed by atoms with Crippen molar-refractivity contribution in [2.75, 3.05) is 0 Å². The second kappa shape index (κ2) is 8.40. The molecule has 0 radical (unpaired) electrons. The lowest BCUT2D eigenvalue weighted by Gasteiger charge is -2.38. The van der Waals surface area contributed by atoms with Crippen LogP contribution in [0.1, 0.15) is 79.6 Å². The average molecular weight is 300 g/mol. The first kappa shape index (κ1) is 19.9. The van der Waals surface area contributed by atoms with Crippen LogP contribution in [0.3, 0.4) is 0 Å². The molecular formula is C17H32O4. The molecule has 2 N–H and O–H groups in total. The summed E-state index contributed by atoms with van der Waals surface area (Å²) in [4.78, 5) is 22.4. The summed E-state index contributed by atoms with van der Waals surface area (Å²) in [5, 5.41) is 18.4. The van der Waals surface area contributed by atoms with Gasteiger partial charge in [0.15, 0.2) is 0 Å². The maximum atomic E-state index is 11.9. The summed E-state index contributed by atoms with van der Waals surface area (Å²) < 4.78 is 0. The van der Waals surface area contributed by atoms with Gasteiger partial charge in [-0.25, -0.2) is 0 Å². The Morgan fingerprint density at radius 1 is 1.05 bits per heavy atom. The zero-order valence-electron chi connectivity index (χ0n) is 14.2. The normalized spacial score (nSPS) is 16.2. The van der Waals surface area contributed by atoms with Gasteiger partial charge in [0, 0.05) is 6.42 Å². The van der Waals surface area contributed by atoms with Gasteiger partial charge in [-0.1, -0.05) is 47.5 Å². The molecule has 2 unspecified atom stereocenters. The predicted molar refractivity (Wildman–Crippen MR) is 84.3 cm³/mol.